The molecule has 0 N–H and O–H groups in total. The van der Waals surface area contributed by atoms with Gasteiger partial charge in [-0.2, -0.15) is 0 Å². The van der Waals surface area contributed by atoms with E-state index in [2.05, 4.69) is 41.6 Å². The first kappa shape index (κ1) is 13.4. The van der Waals surface area contributed by atoms with E-state index in [0.717, 1.165) is 11.2 Å². The van der Waals surface area contributed by atoms with E-state index in [0.29, 0.717) is 0 Å². The minimum Gasteiger partial charge on any atom is -0.303 e. The van der Waals surface area contributed by atoms with Gasteiger partial charge in [0.15, 0.2) is 0 Å². The van der Waals surface area contributed by atoms with Crippen LogP contribution in [0.1, 0.15) is 40.0 Å². The highest BCUT2D eigenvalue weighted by Gasteiger charge is 2.03. The van der Waals surface area contributed by atoms with Crippen LogP contribution in [-0.4, -0.2) is 29.9 Å². The van der Waals surface area contributed by atoms with Gasteiger partial charge in [0.2, 0.25) is 0 Å². The van der Waals surface area contributed by atoms with Gasteiger partial charge in [-0.3, -0.25) is 0 Å². The van der Waals surface area contributed by atoms with Crippen molar-refractivity contribution < 1.29 is 0 Å². The van der Waals surface area contributed by atoms with Gasteiger partial charge in [0.1, 0.15) is 0 Å². The second kappa shape index (κ2) is 9.01. The summed E-state index contributed by atoms with van der Waals surface area (Å²) < 4.78 is 0. The number of hydrogen-bond acceptors (Lipinski definition) is 1. The average Bonchev–Trinajstić information content (AvgIpc) is 2.09. The van der Waals surface area contributed by atoms with Crippen molar-refractivity contribution in [2.24, 2.45) is 5.92 Å². The largest absolute Gasteiger partial charge is 0.303 e. The summed E-state index contributed by atoms with van der Waals surface area (Å²) >= 11 is 3.46. The summed E-state index contributed by atoms with van der Waals surface area (Å²) in [5, 5.41) is 1.16. The molecule has 0 saturated heterocycles. The monoisotopic (exact) mass is 249 g/mol. The molecule has 0 aromatic carbocycles. The fraction of sp³-hybridized carbons (Fsp3) is 1.00. The highest BCUT2D eigenvalue weighted by molar-refractivity contribution is 9.09. The molecular weight excluding hydrogens is 226 g/mol. The van der Waals surface area contributed by atoms with Crippen molar-refractivity contribution in [1.29, 1.82) is 0 Å². The summed E-state index contributed by atoms with van der Waals surface area (Å²) in [4.78, 5) is 2.55. The molecule has 0 aromatic heterocycles. The van der Waals surface area contributed by atoms with E-state index in [1.165, 1.54) is 38.9 Å². The Morgan fingerprint density at radius 3 is 2.31 bits per heavy atom. The Morgan fingerprint density at radius 2 is 1.85 bits per heavy atom. The van der Waals surface area contributed by atoms with Crippen molar-refractivity contribution in [2.75, 3.05) is 25.0 Å². The summed E-state index contributed by atoms with van der Waals surface area (Å²) in [7, 11) is 0. The zero-order chi connectivity index (χ0) is 10.1. The normalized spacial score (nSPS) is 11.5. The van der Waals surface area contributed by atoms with Gasteiger partial charge >= 0.3 is 0 Å². The molecule has 1 nitrogen and oxygen atoms in total. The molecule has 0 spiro atoms. The summed E-state index contributed by atoms with van der Waals surface area (Å²) in [6.07, 6.45) is 4.03. The van der Waals surface area contributed by atoms with Gasteiger partial charge in [0.25, 0.3) is 0 Å². The molecular formula is C11H24BrN. The predicted octanol–water partition coefficient (Wildman–Crippen LogP) is 3.53. The van der Waals surface area contributed by atoms with Gasteiger partial charge in [-0.1, -0.05) is 43.1 Å². The zero-order valence-corrected chi connectivity index (χ0v) is 10.9. The molecule has 80 valence electrons. The maximum atomic E-state index is 3.46. The van der Waals surface area contributed by atoms with E-state index in [4.69, 9.17) is 0 Å². The van der Waals surface area contributed by atoms with E-state index in [-0.39, 0.29) is 0 Å². The van der Waals surface area contributed by atoms with Crippen LogP contribution < -0.4 is 0 Å². The molecule has 0 fully saturated rings. The zero-order valence-electron chi connectivity index (χ0n) is 9.35. The summed E-state index contributed by atoms with van der Waals surface area (Å²) in [5.74, 6) is 0.802. The van der Waals surface area contributed by atoms with Gasteiger partial charge in [0, 0.05) is 11.9 Å². The first-order valence-electron chi connectivity index (χ1n) is 5.49. The van der Waals surface area contributed by atoms with Crippen molar-refractivity contribution in [2.45, 2.75) is 40.0 Å². The molecule has 0 aliphatic rings. The Labute approximate surface area is 92.0 Å². The Kier molecular flexibility index (Phi) is 9.32. The van der Waals surface area contributed by atoms with Crippen molar-refractivity contribution in [3.8, 4) is 0 Å². The molecule has 0 aliphatic heterocycles. The Bertz CT molecular complexity index is 104. The molecule has 0 aromatic rings. The first-order chi connectivity index (χ1) is 6.20. The lowest BCUT2D eigenvalue weighted by atomic mass is 10.2. The highest BCUT2D eigenvalue weighted by atomic mass is 79.9. The quantitative estimate of drug-likeness (QED) is 0.470. The third-order valence-electron chi connectivity index (χ3n) is 2.18. The van der Waals surface area contributed by atoms with Gasteiger partial charge < -0.3 is 4.90 Å². The van der Waals surface area contributed by atoms with Gasteiger partial charge in [0.05, 0.1) is 0 Å². The van der Waals surface area contributed by atoms with E-state index < -0.39 is 0 Å². The maximum Gasteiger partial charge on any atom is 0.00313 e. The minimum atomic E-state index is 0.802. The molecule has 0 heterocycles. The van der Waals surface area contributed by atoms with Crippen LogP contribution in [0.15, 0.2) is 0 Å². The smallest absolute Gasteiger partial charge is 0.00313 e. The second-order valence-electron chi connectivity index (χ2n) is 4.04. The number of alkyl halides is 1. The molecule has 0 amide bonds. The van der Waals surface area contributed by atoms with Crippen LogP contribution in [0.2, 0.25) is 0 Å². The maximum absolute atomic E-state index is 3.46. The van der Waals surface area contributed by atoms with Crippen LogP contribution in [-0.2, 0) is 0 Å². The van der Waals surface area contributed by atoms with E-state index >= 15 is 0 Å². The van der Waals surface area contributed by atoms with E-state index in [9.17, 15) is 0 Å². The Balaban J connectivity index is 3.36. The lowest BCUT2D eigenvalue weighted by Gasteiger charge is -2.22. The third kappa shape index (κ3) is 8.76. The SMILES string of the molecule is CCN(CCCCCBr)CC(C)C. The summed E-state index contributed by atoms with van der Waals surface area (Å²) in [5.41, 5.74) is 0. The molecule has 2 heteroatoms. The van der Waals surface area contributed by atoms with Crippen LogP contribution >= 0.6 is 15.9 Å². The number of unbranched alkanes of at least 4 members (excludes halogenated alkanes) is 2. The average molecular weight is 250 g/mol. The molecule has 0 atom stereocenters. The van der Waals surface area contributed by atoms with Crippen LogP contribution in [0.5, 0.6) is 0 Å². The first-order valence-corrected chi connectivity index (χ1v) is 6.61. The molecule has 0 aliphatic carbocycles. The minimum absolute atomic E-state index is 0.802. The fourth-order valence-electron chi connectivity index (χ4n) is 1.50. The number of rotatable bonds is 8. The van der Waals surface area contributed by atoms with Crippen molar-refractivity contribution in [1.82, 2.24) is 4.90 Å². The Morgan fingerprint density at radius 1 is 1.15 bits per heavy atom. The van der Waals surface area contributed by atoms with Crippen LogP contribution in [0.25, 0.3) is 0 Å². The molecule has 0 rings (SSSR count). The third-order valence-corrected chi connectivity index (χ3v) is 2.74. The van der Waals surface area contributed by atoms with Crippen LogP contribution in [0.4, 0.5) is 0 Å². The van der Waals surface area contributed by atoms with Crippen molar-refractivity contribution in [3.63, 3.8) is 0 Å². The predicted molar refractivity (Wildman–Crippen MR) is 64.6 cm³/mol. The number of halogens is 1. The van der Waals surface area contributed by atoms with Crippen molar-refractivity contribution >= 4 is 15.9 Å². The topological polar surface area (TPSA) is 3.24 Å². The van der Waals surface area contributed by atoms with E-state index in [1.807, 2.05) is 0 Å². The van der Waals surface area contributed by atoms with Crippen LogP contribution in [0.3, 0.4) is 0 Å². The van der Waals surface area contributed by atoms with Crippen LogP contribution in [0, 0.1) is 5.92 Å². The Hall–Kier alpha value is 0.440. The number of nitrogens with zero attached hydrogens (tertiary/aromatic N) is 1. The van der Waals surface area contributed by atoms with E-state index in [1.54, 1.807) is 0 Å². The highest BCUT2D eigenvalue weighted by Crippen LogP contribution is 2.03. The molecule has 0 saturated carbocycles. The molecule has 0 unspecified atom stereocenters. The summed E-state index contributed by atoms with van der Waals surface area (Å²) in [6, 6.07) is 0. The lowest BCUT2D eigenvalue weighted by molar-refractivity contribution is 0.251. The lowest BCUT2D eigenvalue weighted by Crippen LogP contribution is -2.28. The second-order valence-corrected chi connectivity index (χ2v) is 4.83. The van der Waals surface area contributed by atoms with Gasteiger partial charge in [-0.15, -0.1) is 0 Å². The van der Waals surface area contributed by atoms with Gasteiger partial charge in [-0.25, -0.2) is 0 Å². The molecule has 0 bridgehead atoms. The fourth-order valence-corrected chi connectivity index (χ4v) is 1.90. The summed E-state index contributed by atoms with van der Waals surface area (Å²) in [6.45, 7) is 10.6. The van der Waals surface area contributed by atoms with Crippen molar-refractivity contribution in [3.05, 3.63) is 0 Å². The molecule has 0 radical (unpaired) electrons. The number of hydrogen-bond donors (Lipinski definition) is 0. The molecule has 13 heavy (non-hydrogen) atoms. The standard InChI is InChI=1S/C11H24BrN/c1-4-13(10-11(2)3)9-7-5-6-8-12/h11H,4-10H2,1-3H3. The van der Waals surface area contributed by atoms with Gasteiger partial charge in [-0.05, 0) is 31.8 Å².